The van der Waals surface area contributed by atoms with Crippen LogP contribution in [0.3, 0.4) is 0 Å². The predicted octanol–water partition coefficient (Wildman–Crippen LogP) is 1.58. The van der Waals surface area contributed by atoms with Crippen molar-refractivity contribution in [3.63, 3.8) is 0 Å². The fourth-order valence-electron chi connectivity index (χ4n) is 1.45. The van der Waals surface area contributed by atoms with Crippen LogP contribution < -0.4 is 5.32 Å². The van der Waals surface area contributed by atoms with E-state index in [1.807, 2.05) is 0 Å². The number of benzene rings is 1. The van der Waals surface area contributed by atoms with Crippen molar-refractivity contribution < 1.29 is 27.5 Å². The molecular formula is C14H17F3N2O3. The Kier molecular flexibility index (Phi) is 6.36. The van der Waals surface area contributed by atoms with Gasteiger partial charge in [-0.2, -0.15) is 13.2 Å². The minimum absolute atomic E-state index is 0.123. The van der Waals surface area contributed by atoms with Gasteiger partial charge in [0.25, 0.3) is 5.91 Å². The molecule has 2 amide bonds. The number of hydrogen-bond donors (Lipinski definition) is 1. The molecule has 0 atom stereocenters. The zero-order chi connectivity index (χ0) is 16.8. The number of amides is 2. The van der Waals surface area contributed by atoms with Crippen LogP contribution in [0.25, 0.3) is 0 Å². The van der Waals surface area contributed by atoms with E-state index in [9.17, 15) is 22.8 Å². The Morgan fingerprint density at radius 3 is 2.27 bits per heavy atom. The molecule has 0 aliphatic carbocycles. The summed E-state index contributed by atoms with van der Waals surface area (Å²) in [4.78, 5) is 24.4. The van der Waals surface area contributed by atoms with Gasteiger partial charge < -0.3 is 15.0 Å². The van der Waals surface area contributed by atoms with Gasteiger partial charge in [-0.05, 0) is 17.7 Å². The summed E-state index contributed by atoms with van der Waals surface area (Å²) in [6.07, 6.45) is -4.36. The summed E-state index contributed by atoms with van der Waals surface area (Å²) in [5.41, 5.74) is 0.830. The van der Waals surface area contributed by atoms with Crippen LogP contribution in [0, 0.1) is 0 Å². The molecule has 0 bridgehead atoms. The fraction of sp³-hybridized carbons (Fsp3) is 0.429. The number of carbonyl (C=O) groups is 2. The summed E-state index contributed by atoms with van der Waals surface area (Å²) >= 11 is 0. The van der Waals surface area contributed by atoms with E-state index in [1.165, 1.54) is 29.2 Å². The van der Waals surface area contributed by atoms with Crippen molar-refractivity contribution in [3.8, 4) is 0 Å². The second kappa shape index (κ2) is 7.79. The van der Waals surface area contributed by atoms with E-state index in [4.69, 9.17) is 0 Å². The van der Waals surface area contributed by atoms with Gasteiger partial charge in [0.15, 0.2) is 0 Å². The molecule has 0 spiro atoms. The van der Waals surface area contributed by atoms with Crippen LogP contribution in [0.4, 0.5) is 13.2 Å². The summed E-state index contributed by atoms with van der Waals surface area (Å²) in [5, 5.41) is 2.45. The lowest BCUT2D eigenvalue weighted by Gasteiger charge is -2.11. The first-order chi connectivity index (χ1) is 10.2. The summed E-state index contributed by atoms with van der Waals surface area (Å²) in [5.74, 6) is -0.677. The maximum atomic E-state index is 11.9. The maximum Gasteiger partial charge on any atom is 0.411 e. The molecule has 0 aromatic heterocycles. The predicted molar refractivity (Wildman–Crippen MR) is 73.2 cm³/mol. The minimum atomic E-state index is -4.36. The highest BCUT2D eigenvalue weighted by Crippen LogP contribution is 2.15. The lowest BCUT2D eigenvalue weighted by Crippen LogP contribution is -2.36. The number of halogens is 3. The first-order valence-electron chi connectivity index (χ1n) is 6.41. The SMILES string of the molecule is CN(C)C(=O)CNC(=O)c1ccc(COCC(F)(F)F)cc1. The maximum absolute atomic E-state index is 11.9. The standard InChI is InChI=1S/C14H17F3N2O3/c1-19(2)12(20)7-18-13(21)11-5-3-10(4-6-11)8-22-9-14(15,16)17/h3-6H,7-9H2,1-2H3,(H,18,21). The number of alkyl halides is 3. The van der Waals surface area contributed by atoms with Gasteiger partial charge in [0.05, 0.1) is 13.2 Å². The molecule has 1 aromatic rings. The van der Waals surface area contributed by atoms with E-state index < -0.39 is 18.7 Å². The number of nitrogens with one attached hydrogen (secondary N) is 1. The van der Waals surface area contributed by atoms with Crippen LogP contribution in [-0.4, -0.2) is 50.1 Å². The average molecular weight is 318 g/mol. The second-order valence-corrected chi connectivity index (χ2v) is 4.78. The molecule has 0 aliphatic heterocycles. The van der Waals surface area contributed by atoms with Crippen molar-refractivity contribution in [1.82, 2.24) is 10.2 Å². The molecule has 122 valence electrons. The Hall–Kier alpha value is -2.09. The largest absolute Gasteiger partial charge is 0.411 e. The number of likely N-dealkylation sites (N-methyl/N-ethyl adjacent to an activating group) is 1. The van der Waals surface area contributed by atoms with Crippen molar-refractivity contribution in [2.24, 2.45) is 0 Å². The number of nitrogens with zero attached hydrogens (tertiary/aromatic N) is 1. The lowest BCUT2D eigenvalue weighted by atomic mass is 10.1. The molecule has 0 unspecified atom stereocenters. The number of rotatable bonds is 6. The molecule has 0 fully saturated rings. The molecule has 0 aliphatic rings. The van der Waals surface area contributed by atoms with Gasteiger partial charge in [-0.25, -0.2) is 0 Å². The molecule has 1 aromatic carbocycles. The number of hydrogen-bond acceptors (Lipinski definition) is 3. The Balaban J connectivity index is 2.47. The second-order valence-electron chi connectivity index (χ2n) is 4.78. The molecular weight excluding hydrogens is 301 g/mol. The monoisotopic (exact) mass is 318 g/mol. The van der Waals surface area contributed by atoms with E-state index in [-0.39, 0.29) is 19.1 Å². The van der Waals surface area contributed by atoms with Crippen molar-refractivity contribution in [3.05, 3.63) is 35.4 Å². The molecule has 1 N–H and O–H groups in total. The van der Waals surface area contributed by atoms with Crippen LogP contribution in [-0.2, 0) is 16.1 Å². The van der Waals surface area contributed by atoms with Gasteiger partial charge in [0, 0.05) is 19.7 Å². The Labute approximate surface area is 126 Å². The summed E-state index contributed by atoms with van der Waals surface area (Å²) in [6.45, 7) is -1.63. The Morgan fingerprint density at radius 2 is 1.77 bits per heavy atom. The quantitative estimate of drug-likeness (QED) is 0.866. The lowest BCUT2D eigenvalue weighted by molar-refractivity contribution is -0.176. The first-order valence-corrected chi connectivity index (χ1v) is 6.41. The van der Waals surface area contributed by atoms with Crippen LogP contribution >= 0.6 is 0 Å². The first kappa shape index (κ1) is 18.0. The van der Waals surface area contributed by atoms with Crippen LogP contribution in [0.5, 0.6) is 0 Å². The van der Waals surface area contributed by atoms with E-state index in [2.05, 4.69) is 10.1 Å². The van der Waals surface area contributed by atoms with Gasteiger partial charge in [0.1, 0.15) is 6.61 Å². The summed E-state index contributed by atoms with van der Waals surface area (Å²) < 4.78 is 40.3. The Bertz CT molecular complexity index is 513. The zero-order valence-corrected chi connectivity index (χ0v) is 12.2. The van der Waals surface area contributed by atoms with E-state index in [1.54, 1.807) is 14.1 Å². The zero-order valence-electron chi connectivity index (χ0n) is 12.2. The van der Waals surface area contributed by atoms with E-state index in [0.29, 0.717) is 11.1 Å². The highest BCUT2D eigenvalue weighted by atomic mass is 19.4. The molecule has 1 rings (SSSR count). The number of ether oxygens (including phenoxy) is 1. The van der Waals surface area contributed by atoms with Crippen LogP contribution in [0.15, 0.2) is 24.3 Å². The third-order valence-corrected chi connectivity index (χ3v) is 2.65. The van der Waals surface area contributed by atoms with Crippen molar-refractivity contribution in [2.45, 2.75) is 12.8 Å². The molecule has 22 heavy (non-hydrogen) atoms. The van der Waals surface area contributed by atoms with Crippen molar-refractivity contribution in [1.29, 1.82) is 0 Å². The average Bonchev–Trinajstić information content (AvgIpc) is 2.43. The molecule has 0 heterocycles. The van der Waals surface area contributed by atoms with Gasteiger partial charge in [-0.15, -0.1) is 0 Å². The van der Waals surface area contributed by atoms with E-state index >= 15 is 0 Å². The number of carbonyl (C=O) groups excluding carboxylic acids is 2. The normalized spacial score (nSPS) is 11.1. The molecule has 0 saturated heterocycles. The highest BCUT2D eigenvalue weighted by molar-refractivity contribution is 5.96. The summed E-state index contributed by atoms with van der Waals surface area (Å²) in [7, 11) is 3.15. The molecule has 8 heteroatoms. The summed E-state index contributed by atoms with van der Waals surface area (Å²) in [6, 6.07) is 5.92. The molecule has 5 nitrogen and oxygen atoms in total. The van der Waals surface area contributed by atoms with Gasteiger partial charge in [-0.1, -0.05) is 12.1 Å². The smallest absolute Gasteiger partial charge is 0.367 e. The van der Waals surface area contributed by atoms with E-state index in [0.717, 1.165) is 0 Å². The fourth-order valence-corrected chi connectivity index (χ4v) is 1.45. The van der Waals surface area contributed by atoms with Crippen LogP contribution in [0.2, 0.25) is 0 Å². The van der Waals surface area contributed by atoms with Gasteiger partial charge >= 0.3 is 6.18 Å². The van der Waals surface area contributed by atoms with Gasteiger partial charge in [-0.3, -0.25) is 9.59 Å². The topological polar surface area (TPSA) is 58.6 Å². The Morgan fingerprint density at radius 1 is 1.18 bits per heavy atom. The highest BCUT2D eigenvalue weighted by Gasteiger charge is 2.27. The molecule has 0 radical (unpaired) electrons. The molecule has 0 saturated carbocycles. The minimum Gasteiger partial charge on any atom is -0.367 e. The van der Waals surface area contributed by atoms with Crippen molar-refractivity contribution >= 4 is 11.8 Å². The third-order valence-electron chi connectivity index (χ3n) is 2.65. The third kappa shape index (κ3) is 6.57. The van der Waals surface area contributed by atoms with Crippen LogP contribution in [0.1, 0.15) is 15.9 Å². The van der Waals surface area contributed by atoms with Gasteiger partial charge in [0.2, 0.25) is 5.91 Å². The van der Waals surface area contributed by atoms with Crippen molar-refractivity contribution in [2.75, 3.05) is 27.2 Å².